The Bertz CT molecular complexity index is 932. The maximum absolute atomic E-state index is 13.1. The minimum absolute atomic E-state index is 0.0265. The summed E-state index contributed by atoms with van der Waals surface area (Å²) in [5, 5.41) is 4.16. The second kappa shape index (κ2) is 6.76. The van der Waals surface area contributed by atoms with Gasteiger partial charge in [0.2, 0.25) is 5.91 Å². The Morgan fingerprint density at radius 1 is 1.00 bits per heavy atom. The number of halogens is 4. The molecule has 1 amide bonds. The predicted octanol–water partition coefficient (Wildman–Crippen LogP) is 5.69. The van der Waals surface area contributed by atoms with Crippen molar-refractivity contribution < 1.29 is 18.0 Å². The maximum Gasteiger partial charge on any atom is 0.418 e. The molecule has 0 bridgehead atoms. The number of benzene rings is 3. The van der Waals surface area contributed by atoms with Crippen molar-refractivity contribution in [3.8, 4) is 0 Å². The predicted molar refractivity (Wildman–Crippen MR) is 92.7 cm³/mol. The average Bonchev–Trinajstić information content (AvgIpc) is 2.56. The lowest BCUT2D eigenvalue weighted by Crippen LogP contribution is -2.18. The number of alkyl halides is 3. The number of carbonyl (C=O) groups excluding carboxylic acids is 1. The minimum Gasteiger partial charge on any atom is -0.325 e. The molecule has 0 heterocycles. The van der Waals surface area contributed by atoms with Crippen LogP contribution in [-0.2, 0) is 17.4 Å². The van der Waals surface area contributed by atoms with Crippen LogP contribution in [0.25, 0.3) is 10.8 Å². The Morgan fingerprint density at radius 2 is 1.72 bits per heavy atom. The van der Waals surface area contributed by atoms with Crippen molar-refractivity contribution in [2.75, 3.05) is 5.32 Å². The molecule has 0 aromatic heterocycles. The van der Waals surface area contributed by atoms with Crippen LogP contribution < -0.4 is 5.32 Å². The fraction of sp³-hybridized carbons (Fsp3) is 0.105. The molecule has 0 spiro atoms. The number of hydrogen-bond acceptors (Lipinski definition) is 1. The first-order valence-electron chi connectivity index (χ1n) is 7.48. The van der Waals surface area contributed by atoms with Gasteiger partial charge in [-0.25, -0.2) is 0 Å². The molecule has 0 saturated heterocycles. The van der Waals surface area contributed by atoms with Gasteiger partial charge in [0.05, 0.1) is 17.7 Å². The van der Waals surface area contributed by atoms with Crippen molar-refractivity contribution in [3.05, 3.63) is 76.8 Å². The lowest BCUT2D eigenvalue weighted by molar-refractivity contribution is -0.137. The van der Waals surface area contributed by atoms with Crippen molar-refractivity contribution in [3.63, 3.8) is 0 Å². The first-order chi connectivity index (χ1) is 11.8. The van der Waals surface area contributed by atoms with Crippen LogP contribution in [0.3, 0.4) is 0 Å². The van der Waals surface area contributed by atoms with Crippen LogP contribution in [0.1, 0.15) is 11.1 Å². The maximum atomic E-state index is 13.1. The summed E-state index contributed by atoms with van der Waals surface area (Å²) in [6.45, 7) is 0. The molecule has 0 saturated carbocycles. The zero-order valence-corrected chi connectivity index (χ0v) is 13.7. The second-order valence-corrected chi connectivity index (χ2v) is 5.99. The number of hydrogen-bond donors (Lipinski definition) is 1. The molecule has 0 aliphatic rings. The zero-order chi connectivity index (χ0) is 18.0. The van der Waals surface area contributed by atoms with Crippen LogP contribution >= 0.6 is 11.6 Å². The molecule has 0 radical (unpaired) electrons. The molecule has 2 nitrogen and oxygen atoms in total. The van der Waals surface area contributed by atoms with E-state index in [1.54, 1.807) is 6.07 Å². The highest BCUT2D eigenvalue weighted by Crippen LogP contribution is 2.36. The van der Waals surface area contributed by atoms with E-state index in [0.29, 0.717) is 0 Å². The number of amides is 1. The lowest BCUT2D eigenvalue weighted by Gasteiger charge is -2.14. The first-order valence-corrected chi connectivity index (χ1v) is 7.85. The third-order valence-corrected chi connectivity index (χ3v) is 4.03. The molecule has 25 heavy (non-hydrogen) atoms. The largest absolute Gasteiger partial charge is 0.418 e. The quantitative estimate of drug-likeness (QED) is 0.636. The van der Waals surface area contributed by atoms with Gasteiger partial charge in [0.25, 0.3) is 0 Å². The van der Waals surface area contributed by atoms with Crippen LogP contribution in [-0.4, -0.2) is 5.91 Å². The molecule has 3 aromatic rings. The number of rotatable bonds is 3. The van der Waals surface area contributed by atoms with E-state index < -0.39 is 17.6 Å². The van der Waals surface area contributed by atoms with Crippen LogP contribution in [0.4, 0.5) is 18.9 Å². The molecular formula is C19H13ClF3NO. The molecule has 0 atom stereocenters. The lowest BCUT2D eigenvalue weighted by atomic mass is 10.0. The number of nitrogens with one attached hydrogen (secondary N) is 1. The number of anilines is 1. The monoisotopic (exact) mass is 363 g/mol. The smallest absolute Gasteiger partial charge is 0.325 e. The van der Waals surface area contributed by atoms with Gasteiger partial charge in [-0.1, -0.05) is 54.1 Å². The normalized spacial score (nSPS) is 11.5. The highest BCUT2D eigenvalue weighted by Gasteiger charge is 2.34. The molecule has 0 aliphatic heterocycles. The van der Waals surface area contributed by atoms with Gasteiger partial charge >= 0.3 is 6.18 Å². The molecule has 1 N–H and O–H groups in total. The Balaban J connectivity index is 1.86. The van der Waals surface area contributed by atoms with E-state index in [9.17, 15) is 18.0 Å². The minimum atomic E-state index is -4.60. The Hall–Kier alpha value is -2.53. The summed E-state index contributed by atoms with van der Waals surface area (Å²) in [6.07, 6.45) is -4.63. The molecule has 0 fully saturated rings. The van der Waals surface area contributed by atoms with E-state index in [0.717, 1.165) is 28.5 Å². The highest BCUT2D eigenvalue weighted by atomic mass is 35.5. The fourth-order valence-corrected chi connectivity index (χ4v) is 2.85. The van der Waals surface area contributed by atoms with Gasteiger partial charge in [0, 0.05) is 5.02 Å². The summed E-state index contributed by atoms with van der Waals surface area (Å²) >= 11 is 5.64. The molecule has 128 valence electrons. The van der Waals surface area contributed by atoms with Crippen molar-refractivity contribution in [2.24, 2.45) is 0 Å². The number of carbonyl (C=O) groups is 1. The summed E-state index contributed by atoms with van der Waals surface area (Å²) in [5.41, 5.74) is -0.522. The summed E-state index contributed by atoms with van der Waals surface area (Å²) in [7, 11) is 0. The molecular weight excluding hydrogens is 351 g/mol. The van der Waals surface area contributed by atoms with Crippen molar-refractivity contribution in [1.29, 1.82) is 0 Å². The Kier molecular flexibility index (Phi) is 4.68. The average molecular weight is 364 g/mol. The summed E-state index contributed by atoms with van der Waals surface area (Å²) in [4.78, 5) is 12.3. The van der Waals surface area contributed by atoms with E-state index in [-0.39, 0.29) is 17.1 Å². The number of fused-ring (bicyclic) bond motifs is 1. The Morgan fingerprint density at radius 3 is 2.48 bits per heavy atom. The van der Waals surface area contributed by atoms with Gasteiger partial charge in [0.15, 0.2) is 0 Å². The van der Waals surface area contributed by atoms with E-state index in [2.05, 4.69) is 5.32 Å². The van der Waals surface area contributed by atoms with Crippen LogP contribution in [0.15, 0.2) is 60.7 Å². The Labute approximate surface area is 147 Å². The van der Waals surface area contributed by atoms with Crippen LogP contribution in [0.5, 0.6) is 0 Å². The van der Waals surface area contributed by atoms with Crippen LogP contribution in [0.2, 0.25) is 5.02 Å². The van der Waals surface area contributed by atoms with Gasteiger partial charge in [-0.3, -0.25) is 4.79 Å². The molecule has 3 rings (SSSR count). The van der Waals surface area contributed by atoms with Gasteiger partial charge < -0.3 is 5.32 Å². The SMILES string of the molecule is O=C(Cc1cccc2ccccc12)Nc1ccc(Cl)cc1C(F)(F)F. The third-order valence-electron chi connectivity index (χ3n) is 3.79. The van der Waals surface area contributed by atoms with Crippen molar-refractivity contribution in [1.82, 2.24) is 0 Å². The highest BCUT2D eigenvalue weighted by molar-refractivity contribution is 6.30. The van der Waals surface area contributed by atoms with Crippen LogP contribution in [0, 0.1) is 0 Å². The zero-order valence-electron chi connectivity index (χ0n) is 12.9. The van der Waals surface area contributed by atoms with Gasteiger partial charge in [-0.05, 0) is 34.5 Å². The molecule has 0 aliphatic carbocycles. The van der Waals surface area contributed by atoms with Crippen molar-refractivity contribution >= 4 is 34.0 Å². The summed E-state index contributed by atoms with van der Waals surface area (Å²) in [5.74, 6) is -0.524. The third kappa shape index (κ3) is 3.94. The summed E-state index contributed by atoms with van der Waals surface area (Å²) in [6, 6.07) is 16.3. The molecule has 0 unspecified atom stereocenters. The van der Waals surface area contributed by atoms with E-state index in [1.807, 2.05) is 36.4 Å². The van der Waals surface area contributed by atoms with E-state index in [4.69, 9.17) is 11.6 Å². The van der Waals surface area contributed by atoms with Gasteiger partial charge in [0.1, 0.15) is 0 Å². The standard InChI is InChI=1S/C19H13ClF3NO/c20-14-8-9-17(16(11-14)19(21,22)23)24-18(25)10-13-6-3-5-12-4-1-2-7-15(12)13/h1-9,11H,10H2,(H,24,25). The molecule has 3 aromatic carbocycles. The molecule has 6 heteroatoms. The topological polar surface area (TPSA) is 29.1 Å². The summed E-state index contributed by atoms with van der Waals surface area (Å²) < 4.78 is 39.3. The van der Waals surface area contributed by atoms with Crippen molar-refractivity contribution in [2.45, 2.75) is 12.6 Å². The second-order valence-electron chi connectivity index (χ2n) is 5.55. The van der Waals surface area contributed by atoms with E-state index >= 15 is 0 Å². The fourth-order valence-electron chi connectivity index (χ4n) is 2.67. The van der Waals surface area contributed by atoms with E-state index in [1.165, 1.54) is 6.07 Å². The van der Waals surface area contributed by atoms with Gasteiger partial charge in [-0.2, -0.15) is 13.2 Å². The first kappa shape index (κ1) is 17.3. The van der Waals surface area contributed by atoms with Gasteiger partial charge in [-0.15, -0.1) is 0 Å².